The Morgan fingerprint density at radius 2 is 2.50 bits per heavy atom. The lowest BCUT2D eigenvalue weighted by atomic mass is 10.4. The highest BCUT2D eigenvalue weighted by Gasteiger charge is 2.24. The van der Waals surface area contributed by atoms with Crippen molar-refractivity contribution in [2.75, 3.05) is 13.2 Å². The smallest absolute Gasteiger partial charge is 0.333 e. The quantitative estimate of drug-likeness (QED) is 0.260. The SMILES string of the molecule is CC(=C[SiH]=O)C(=O)OCC1CO1. The number of carbonyl (C=O) groups excluding carboxylic acids is 1. The Morgan fingerprint density at radius 1 is 1.83 bits per heavy atom. The average Bonchev–Trinajstić information content (AvgIpc) is 2.83. The van der Waals surface area contributed by atoms with Crippen molar-refractivity contribution in [3.8, 4) is 0 Å². The number of rotatable bonds is 4. The molecule has 0 aromatic rings. The van der Waals surface area contributed by atoms with E-state index in [0.29, 0.717) is 18.8 Å². The van der Waals surface area contributed by atoms with Crippen molar-refractivity contribution < 1.29 is 18.7 Å². The predicted molar refractivity (Wildman–Crippen MR) is 42.3 cm³/mol. The van der Waals surface area contributed by atoms with Crippen molar-refractivity contribution in [1.29, 1.82) is 0 Å². The minimum atomic E-state index is -1.02. The fourth-order valence-corrected chi connectivity index (χ4v) is 0.957. The molecule has 1 saturated heterocycles. The van der Waals surface area contributed by atoms with E-state index in [0.717, 1.165) is 0 Å². The van der Waals surface area contributed by atoms with E-state index in [4.69, 9.17) is 9.47 Å². The molecule has 0 aliphatic carbocycles. The van der Waals surface area contributed by atoms with Crippen molar-refractivity contribution in [3.05, 3.63) is 11.3 Å². The molecule has 4 nitrogen and oxygen atoms in total. The first-order chi connectivity index (χ1) is 5.74. The molecule has 0 bridgehead atoms. The largest absolute Gasteiger partial charge is 0.459 e. The summed E-state index contributed by atoms with van der Waals surface area (Å²) >= 11 is 0. The number of hydrogen-bond donors (Lipinski definition) is 0. The van der Waals surface area contributed by atoms with Gasteiger partial charge in [-0.15, -0.1) is 0 Å². The summed E-state index contributed by atoms with van der Waals surface area (Å²) < 4.78 is 19.8. The molecular formula is C7H10O4Si. The second-order valence-electron chi connectivity index (χ2n) is 2.54. The van der Waals surface area contributed by atoms with E-state index < -0.39 is 15.4 Å². The van der Waals surface area contributed by atoms with Crippen LogP contribution in [-0.4, -0.2) is 34.7 Å². The number of hydrogen-bond acceptors (Lipinski definition) is 4. The Balaban J connectivity index is 2.25. The van der Waals surface area contributed by atoms with Crippen LogP contribution >= 0.6 is 0 Å². The summed E-state index contributed by atoms with van der Waals surface area (Å²) in [5.74, 6) is -0.408. The maximum atomic E-state index is 11.0. The van der Waals surface area contributed by atoms with Gasteiger partial charge in [-0.05, 0) is 12.6 Å². The lowest BCUT2D eigenvalue weighted by molar-refractivity contribution is -0.139. The molecule has 0 amide bonds. The predicted octanol–water partition coefficient (Wildman–Crippen LogP) is -0.386. The summed E-state index contributed by atoms with van der Waals surface area (Å²) in [5, 5.41) is 0. The maximum Gasteiger partial charge on any atom is 0.333 e. The van der Waals surface area contributed by atoms with Crippen molar-refractivity contribution in [2.45, 2.75) is 13.0 Å². The highest BCUT2D eigenvalue weighted by molar-refractivity contribution is 6.26. The van der Waals surface area contributed by atoms with Crippen molar-refractivity contribution in [3.63, 3.8) is 0 Å². The van der Waals surface area contributed by atoms with Crippen LogP contribution in [0.15, 0.2) is 11.3 Å². The fourth-order valence-electron chi connectivity index (χ4n) is 0.617. The molecule has 0 saturated carbocycles. The van der Waals surface area contributed by atoms with Gasteiger partial charge in [0.25, 0.3) is 9.41 Å². The van der Waals surface area contributed by atoms with Crippen LogP contribution in [0.4, 0.5) is 0 Å². The van der Waals surface area contributed by atoms with Gasteiger partial charge in [0.2, 0.25) is 0 Å². The standard InChI is InChI=1S/C7H10O4Si/c1-5(4-12-9)7(8)11-3-6-2-10-6/h4,6,12H,2-3H2,1H3. The first-order valence-corrected chi connectivity index (χ1v) is 4.78. The third-order valence-corrected chi connectivity index (χ3v) is 2.08. The van der Waals surface area contributed by atoms with Crippen LogP contribution in [0.25, 0.3) is 0 Å². The highest BCUT2D eigenvalue weighted by Crippen LogP contribution is 2.09. The molecule has 1 heterocycles. The van der Waals surface area contributed by atoms with E-state index in [1.54, 1.807) is 6.92 Å². The van der Waals surface area contributed by atoms with E-state index in [1.165, 1.54) is 5.70 Å². The molecular weight excluding hydrogens is 176 g/mol. The van der Waals surface area contributed by atoms with Gasteiger partial charge in [0.1, 0.15) is 12.7 Å². The van der Waals surface area contributed by atoms with Gasteiger partial charge in [-0.2, -0.15) is 0 Å². The molecule has 1 aliphatic heterocycles. The number of esters is 1. The second-order valence-corrected chi connectivity index (χ2v) is 3.15. The first-order valence-electron chi connectivity index (χ1n) is 3.65. The van der Waals surface area contributed by atoms with Gasteiger partial charge >= 0.3 is 5.97 Å². The molecule has 12 heavy (non-hydrogen) atoms. The monoisotopic (exact) mass is 186 g/mol. The van der Waals surface area contributed by atoms with E-state index in [1.807, 2.05) is 0 Å². The molecule has 1 rings (SSSR count). The Labute approximate surface area is 72.4 Å². The van der Waals surface area contributed by atoms with Gasteiger partial charge in [-0.1, -0.05) is 0 Å². The first kappa shape index (κ1) is 9.28. The Bertz CT molecular complexity index is 219. The van der Waals surface area contributed by atoms with Crippen LogP contribution in [0.2, 0.25) is 0 Å². The third-order valence-electron chi connectivity index (χ3n) is 1.44. The normalized spacial score (nSPS) is 21.8. The molecule has 0 aromatic heterocycles. The Hall–Kier alpha value is -0.813. The topological polar surface area (TPSA) is 55.9 Å². The summed E-state index contributed by atoms with van der Waals surface area (Å²) in [5.41, 5.74) is 1.79. The minimum Gasteiger partial charge on any atom is -0.459 e. The Kier molecular flexibility index (Phi) is 3.30. The van der Waals surface area contributed by atoms with E-state index in [2.05, 4.69) is 0 Å². The number of epoxide rings is 1. The van der Waals surface area contributed by atoms with Gasteiger partial charge in [-0.25, -0.2) is 4.79 Å². The molecule has 1 fully saturated rings. The molecule has 5 heteroatoms. The maximum absolute atomic E-state index is 11.0. The summed E-state index contributed by atoms with van der Waals surface area (Å²) in [4.78, 5) is 11.0. The minimum absolute atomic E-state index is 0.0846. The number of ether oxygens (including phenoxy) is 2. The fraction of sp³-hybridized carbons (Fsp3) is 0.571. The summed E-state index contributed by atoms with van der Waals surface area (Å²) in [6.45, 7) is 2.56. The van der Waals surface area contributed by atoms with Crippen LogP contribution < -0.4 is 0 Å². The summed E-state index contributed by atoms with van der Waals surface area (Å²) in [7, 11) is -1.02. The average molecular weight is 186 g/mol. The van der Waals surface area contributed by atoms with Crippen LogP contribution in [0.5, 0.6) is 0 Å². The number of carbonyl (C=O) groups is 1. The van der Waals surface area contributed by atoms with Crippen molar-refractivity contribution in [2.24, 2.45) is 0 Å². The van der Waals surface area contributed by atoms with Gasteiger partial charge in [0.15, 0.2) is 0 Å². The zero-order valence-electron chi connectivity index (χ0n) is 6.78. The van der Waals surface area contributed by atoms with Crippen molar-refractivity contribution in [1.82, 2.24) is 0 Å². The Morgan fingerprint density at radius 3 is 3.00 bits per heavy atom. The van der Waals surface area contributed by atoms with Crippen LogP contribution in [0.1, 0.15) is 6.92 Å². The van der Waals surface area contributed by atoms with Gasteiger partial charge in [0.05, 0.1) is 6.61 Å². The van der Waals surface area contributed by atoms with Gasteiger partial charge in [0, 0.05) is 5.57 Å². The van der Waals surface area contributed by atoms with Crippen LogP contribution in [-0.2, 0) is 18.7 Å². The molecule has 1 unspecified atom stereocenters. The molecule has 0 aromatic carbocycles. The molecule has 66 valence electrons. The lowest BCUT2D eigenvalue weighted by Crippen LogP contribution is -2.10. The third kappa shape index (κ3) is 3.06. The van der Waals surface area contributed by atoms with Crippen molar-refractivity contribution >= 4 is 15.4 Å². The van der Waals surface area contributed by atoms with Gasteiger partial charge < -0.3 is 13.9 Å². The van der Waals surface area contributed by atoms with E-state index in [9.17, 15) is 9.26 Å². The summed E-state index contributed by atoms with van der Waals surface area (Å²) in [6, 6.07) is 0. The summed E-state index contributed by atoms with van der Waals surface area (Å²) in [6.07, 6.45) is 0.0846. The molecule has 0 spiro atoms. The van der Waals surface area contributed by atoms with Crippen LogP contribution in [0.3, 0.4) is 0 Å². The van der Waals surface area contributed by atoms with Gasteiger partial charge in [-0.3, -0.25) is 0 Å². The lowest BCUT2D eigenvalue weighted by Gasteiger charge is -2.00. The molecule has 0 radical (unpaired) electrons. The zero-order chi connectivity index (χ0) is 8.97. The second kappa shape index (κ2) is 4.27. The zero-order valence-corrected chi connectivity index (χ0v) is 7.93. The highest BCUT2D eigenvalue weighted by atomic mass is 28.2. The molecule has 1 aliphatic rings. The van der Waals surface area contributed by atoms with E-state index >= 15 is 0 Å². The molecule has 1 atom stereocenters. The van der Waals surface area contributed by atoms with E-state index in [-0.39, 0.29) is 6.10 Å². The van der Waals surface area contributed by atoms with Crippen LogP contribution in [0, 0.1) is 0 Å². The molecule has 0 N–H and O–H groups in total.